The summed E-state index contributed by atoms with van der Waals surface area (Å²) in [7, 11) is 0. The van der Waals surface area contributed by atoms with Crippen LogP contribution in [0.3, 0.4) is 0 Å². The number of rotatable bonds is 1. The Labute approximate surface area is 100 Å². The maximum Gasteiger partial charge on any atom is 0.263 e. The Morgan fingerprint density at radius 2 is 1.94 bits per heavy atom. The zero-order valence-electron chi connectivity index (χ0n) is 9.39. The second-order valence-corrected chi connectivity index (χ2v) is 5.94. The van der Waals surface area contributed by atoms with E-state index < -0.39 is 0 Å². The molecular weight excluding hydrogens is 218 g/mol. The first-order chi connectivity index (χ1) is 7.84. The van der Waals surface area contributed by atoms with Crippen molar-refractivity contribution in [2.75, 3.05) is 13.1 Å². The van der Waals surface area contributed by atoms with Crippen LogP contribution in [-0.4, -0.2) is 23.9 Å². The summed E-state index contributed by atoms with van der Waals surface area (Å²) < 4.78 is 0. The van der Waals surface area contributed by atoms with Crippen molar-refractivity contribution < 1.29 is 4.79 Å². The third-order valence-electron chi connectivity index (χ3n) is 4.00. The van der Waals surface area contributed by atoms with Crippen LogP contribution < -0.4 is 0 Å². The van der Waals surface area contributed by atoms with Gasteiger partial charge in [-0.2, -0.15) is 0 Å². The molecule has 86 valence electrons. The summed E-state index contributed by atoms with van der Waals surface area (Å²) in [6.45, 7) is 2.00. The summed E-state index contributed by atoms with van der Waals surface area (Å²) in [4.78, 5) is 15.2. The molecule has 1 aliphatic carbocycles. The minimum Gasteiger partial charge on any atom is -0.337 e. The molecule has 2 aliphatic rings. The first-order valence-electron chi connectivity index (χ1n) is 6.17. The first-order valence-corrected chi connectivity index (χ1v) is 7.05. The van der Waals surface area contributed by atoms with Gasteiger partial charge in [-0.1, -0.05) is 18.9 Å². The van der Waals surface area contributed by atoms with Crippen molar-refractivity contribution in [3.8, 4) is 0 Å². The molecule has 0 radical (unpaired) electrons. The second-order valence-electron chi connectivity index (χ2n) is 4.99. The first kappa shape index (κ1) is 10.3. The zero-order chi connectivity index (χ0) is 11.0. The van der Waals surface area contributed by atoms with E-state index in [4.69, 9.17) is 0 Å². The lowest BCUT2D eigenvalue weighted by Crippen LogP contribution is -2.28. The van der Waals surface area contributed by atoms with Crippen molar-refractivity contribution in [3.05, 3.63) is 22.4 Å². The number of fused-ring (bicyclic) bond motifs is 1. The molecule has 2 atom stereocenters. The fraction of sp³-hybridized carbons (Fsp3) is 0.615. The highest BCUT2D eigenvalue weighted by molar-refractivity contribution is 7.12. The van der Waals surface area contributed by atoms with Crippen LogP contribution in [0.15, 0.2) is 17.5 Å². The van der Waals surface area contributed by atoms with Crippen molar-refractivity contribution in [2.45, 2.75) is 25.7 Å². The monoisotopic (exact) mass is 235 g/mol. The van der Waals surface area contributed by atoms with Crippen molar-refractivity contribution in [2.24, 2.45) is 11.8 Å². The lowest BCUT2D eigenvalue weighted by atomic mass is 9.82. The Hall–Kier alpha value is -0.830. The second kappa shape index (κ2) is 4.21. The average molecular weight is 235 g/mol. The fourth-order valence-corrected chi connectivity index (χ4v) is 3.82. The van der Waals surface area contributed by atoms with Gasteiger partial charge in [-0.25, -0.2) is 0 Å². The topological polar surface area (TPSA) is 20.3 Å². The molecule has 1 amide bonds. The molecule has 1 saturated heterocycles. The van der Waals surface area contributed by atoms with Crippen molar-refractivity contribution in [3.63, 3.8) is 0 Å². The highest BCUT2D eigenvalue weighted by Gasteiger charge is 2.36. The summed E-state index contributed by atoms with van der Waals surface area (Å²) in [5.74, 6) is 1.83. The molecule has 0 aromatic carbocycles. The molecule has 2 heterocycles. The van der Waals surface area contributed by atoms with Gasteiger partial charge in [-0.3, -0.25) is 4.79 Å². The van der Waals surface area contributed by atoms with Crippen LogP contribution in [0, 0.1) is 11.8 Å². The molecule has 2 unspecified atom stereocenters. The number of carbonyl (C=O) groups excluding carboxylic acids is 1. The SMILES string of the molecule is O=C(c1cccs1)N1CC2CCCCC2C1. The van der Waals surface area contributed by atoms with Gasteiger partial charge < -0.3 is 4.90 Å². The number of nitrogens with zero attached hydrogens (tertiary/aromatic N) is 1. The molecule has 1 aromatic heterocycles. The van der Waals surface area contributed by atoms with Crippen molar-refractivity contribution in [1.82, 2.24) is 4.90 Å². The Kier molecular flexibility index (Phi) is 2.72. The van der Waals surface area contributed by atoms with Crippen LogP contribution in [0.1, 0.15) is 35.4 Å². The van der Waals surface area contributed by atoms with Crippen LogP contribution in [0.4, 0.5) is 0 Å². The molecule has 1 aliphatic heterocycles. The van der Waals surface area contributed by atoms with Gasteiger partial charge in [0.25, 0.3) is 5.91 Å². The molecule has 1 aromatic rings. The van der Waals surface area contributed by atoms with Gasteiger partial charge in [0.05, 0.1) is 4.88 Å². The van der Waals surface area contributed by atoms with E-state index in [1.54, 1.807) is 11.3 Å². The predicted octanol–water partition coefficient (Wildman–Crippen LogP) is 3.01. The quantitative estimate of drug-likeness (QED) is 0.732. The molecule has 3 rings (SSSR count). The lowest BCUT2D eigenvalue weighted by Gasteiger charge is -2.22. The largest absolute Gasteiger partial charge is 0.337 e. The molecule has 2 fully saturated rings. The smallest absolute Gasteiger partial charge is 0.263 e. The fourth-order valence-electron chi connectivity index (χ4n) is 3.13. The Bertz CT molecular complexity index is 359. The Morgan fingerprint density at radius 3 is 2.50 bits per heavy atom. The Balaban J connectivity index is 1.71. The van der Waals surface area contributed by atoms with Gasteiger partial charge in [0.15, 0.2) is 0 Å². The number of hydrogen-bond donors (Lipinski definition) is 0. The normalized spacial score (nSPS) is 29.1. The molecule has 3 heteroatoms. The van der Waals surface area contributed by atoms with Crippen LogP contribution in [0.25, 0.3) is 0 Å². The van der Waals surface area contributed by atoms with E-state index in [1.807, 2.05) is 17.5 Å². The van der Waals surface area contributed by atoms with Crippen molar-refractivity contribution >= 4 is 17.2 Å². The number of amides is 1. The van der Waals surface area contributed by atoms with Gasteiger partial charge in [0.2, 0.25) is 0 Å². The minimum atomic E-state index is 0.254. The van der Waals surface area contributed by atoms with Gasteiger partial charge in [-0.15, -0.1) is 11.3 Å². The predicted molar refractivity (Wildman–Crippen MR) is 65.7 cm³/mol. The maximum atomic E-state index is 12.2. The molecule has 0 N–H and O–H groups in total. The van der Waals surface area contributed by atoms with E-state index in [2.05, 4.69) is 4.90 Å². The standard InChI is InChI=1S/C13H17NOS/c15-13(12-6-3-7-16-12)14-8-10-4-1-2-5-11(10)9-14/h3,6-7,10-11H,1-2,4-5,8-9H2. The maximum absolute atomic E-state index is 12.2. The number of thiophene rings is 1. The van der Waals surface area contributed by atoms with Gasteiger partial charge in [0, 0.05) is 13.1 Å². The summed E-state index contributed by atoms with van der Waals surface area (Å²) in [5.41, 5.74) is 0. The lowest BCUT2D eigenvalue weighted by molar-refractivity contribution is 0.0789. The van der Waals surface area contributed by atoms with Gasteiger partial charge in [0.1, 0.15) is 0 Å². The van der Waals surface area contributed by atoms with Gasteiger partial charge in [-0.05, 0) is 36.1 Å². The van der Waals surface area contributed by atoms with Crippen LogP contribution in [0.5, 0.6) is 0 Å². The number of hydrogen-bond acceptors (Lipinski definition) is 2. The molecule has 0 bridgehead atoms. The summed E-state index contributed by atoms with van der Waals surface area (Å²) >= 11 is 1.56. The number of carbonyl (C=O) groups is 1. The molecule has 1 saturated carbocycles. The molecular formula is C13H17NOS. The van der Waals surface area contributed by atoms with E-state index in [9.17, 15) is 4.79 Å². The third kappa shape index (κ3) is 1.77. The molecule has 2 nitrogen and oxygen atoms in total. The van der Waals surface area contributed by atoms with Crippen LogP contribution in [0.2, 0.25) is 0 Å². The van der Waals surface area contributed by atoms with Crippen molar-refractivity contribution in [1.29, 1.82) is 0 Å². The summed E-state index contributed by atoms with van der Waals surface area (Å²) in [5, 5.41) is 1.98. The summed E-state index contributed by atoms with van der Waals surface area (Å²) in [6.07, 6.45) is 5.39. The highest BCUT2D eigenvalue weighted by atomic mass is 32.1. The van der Waals surface area contributed by atoms with E-state index in [0.29, 0.717) is 0 Å². The third-order valence-corrected chi connectivity index (χ3v) is 4.85. The highest BCUT2D eigenvalue weighted by Crippen LogP contribution is 2.36. The minimum absolute atomic E-state index is 0.254. The zero-order valence-corrected chi connectivity index (χ0v) is 10.2. The summed E-state index contributed by atoms with van der Waals surface area (Å²) in [6, 6.07) is 3.90. The van der Waals surface area contributed by atoms with E-state index in [1.165, 1.54) is 25.7 Å². The van der Waals surface area contributed by atoms with Crippen LogP contribution >= 0.6 is 11.3 Å². The molecule has 16 heavy (non-hydrogen) atoms. The number of likely N-dealkylation sites (tertiary alicyclic amines) is 1. The van der Waals surface area contributed by atoms with E-state index >= 15 is 0 Å². The van der Waals surface area contributed by atoms with E-state index in [-0.39, 0.29) is 5.91 Å². The molecule has 0 spiro atoms. The average Bonchev–Trinajstić information content (AvgIpc) is 2.97. The van der Waals surface area contributed by atoms with E-state index in [0.717, 1.165) is 29.8 Å². The van der Waals surface area contributed by atoms with Gasteiger partial charge >= 0.3 is 0 Å². The van der Waals surface area contributed by atoms with Crippen LogP contribution in [-0.2, 0) is 0 Å². The Morgan fingerprint density at radius 1 is 1.25 bits per heavy atom.